The maximum atomic E-state index is 11.3. The molecule has 1 rings (SSSR count). The zero-order valence-corrected chi connectivity index (χ0v) is 10.5. The summed E-state index contributed by atoms with van der Waals surface area (Å²) in [6.45, 7) is 1.28. The minimum absolute atomic E-state index is 0.221. The van der Waals surface area contributed by atoms with Crippen LogP contribution in [-0.2, 0) is 9.59 Å². The first-order valence-corrected chi connectivity index (χ1v) is 5.59. The molecule has 0 aromatic heterocycles. The Balaban J connectivity index is 2.29. The third-order valence-electron chi connectivity index (χ3n) is 1.92. The zero-order chi connectivity index (χ0) is 13.5. The van der Waals surface area contributed by atoms with Gasteiger partial charge in [0.25, 0.3) is 11.8 Å². The summed E-state index contributed by atoms with van der Waals surface area (Å²) in [5.74, 6) is -0.457. The normalized spacial score (nSPS) is 11.5. The van der Waals surface area contributed by atoms with Gasteiger partial charge < -0.3 is 10.5 Å². The van der Waals surface area contributed by atoms with Crippen LogP contribution in [0.25, 0.3) is 0 Å². The van der Waals surface area contributed by atoms with Crippen LogP contribution in [0.5, 0.6) is 5.75 Å². The molecular formula is C11H14ClN3O3. The number of halogens is 1. The molecule has 6 nitrogen and oxygen atoms in total. The minimum atomic E-state index is -0.692. The van der Waals surface area contributed by atoms with E-state index < -0.39 is 17.9 Å². The van der Waals surface area contributed by atoms with Crippen molar-refractivity contribution in [3.63, 3.8) is 0 Å². The lowest BCUT2D eigenvalue weighted by molar-refractivity contribution is -0.130. The Bertz CT molecular complexity index is 420. The number of hydrogen-bond donors (Lipinski definition) is 3. The van der Waals surface area contributed by atoms with E-state index in [9.17, 15) is 9.59 Å². The van der Waals surface area contributed by atoms with Gasteiger partial charge >= 0.3 is 0 Å². The van der Waals surface area contributed by atoms with Crippen LogP contribution in [-0.4, -0.2) is 24.5 Å². The van der Waals surface area contributed by atoms with E-state index in [2.05, 4.69) is 10.9 Å². The summed E-state index contributed by atoms with van der Waals surface area (Å²) in [5, 5.41) is 0.580. The molecule has 0 saturated heterocycles. The monoisotopic (exact) mass is 271 g/mol. The largest absolute Gasteiger partial charge is 0.484 e. The zero-order valence-electron chi connectivity index (χ0n) is 9.77. The van der Waals surface area contributed by atoms with Crippen LogP contribution in [0.2, 0.25) is 5.02 Å². The lowest BCUT2D eigenvalue weighted by atomic mass is 10.3. The fourth-order valence-electron chi connectivity index (χ4n) is 0.961. The molecule has 1 unspecified atom stereocenters. The highest BCUT2D eigenvalue weighted by Gasteiger charge is 2.08. The summed E-state index contributed by atoms with van der Waals surface area (Å²) in [6.07, 6.45) is 0. The number of carbonyl (C=O) groups is 2. The standard InChI is InChI=1S/C11H14ClN3O3/c1-7(13)11(17)15-14-10(16)6-18-9-4-2-8(12)3-5-9/h2-5,7H,6,13H2,1H3,(H,14,16)(H,15,17). The fraction of sp³-hybridized carbons (Fsp3) is 0.273. The van der Waals surface area contributed by atoms with Crippen molar-refractivity contribution in [2.24, 2.45) is 5.73 Å². The SMILES string of the molecule is CC(N)C(=O)NNC(=O)COc1ccc(Cl)cc1. The second kappa shape index (κ2) is 6.83. The van der Waals surface area contributed by atoms with Crippen molar-refractivity contribution in [3.05, 3.63) is 29.3 Å². The Morgan fingerprint density at radius 2 is 1.94 bits per heavy atom. The second-order valence-corrected chi connectivity index (χ2v) is 4.01. The van der Waals surface area contributed by atoms with Crippen LogP contribution in [0, 0.1) is 0 Å². The Labute approximate surface area is 109 Å². The number of benzene rings is 1. The van der Waals surface area contributed by atoms with Gasteiger partial charge in [0.05, 0.1) is 6.04 Å². The first kappa shape index (κ1) is 14.3. The second-order valence-electron chi connectivity index (χ2n) is 3.57. The number of rotatable bonds is 4. The molecule has 0 bridgehead atoms. The van der Waals surface area contributed by atoms with E-state index in [4.69, 9.17) is 22.1 Å². The summed E-state index contributed by atoms with van der Waals surface area (Å²) in [7, 11) is 0. The average molecular weight is 272 g/mol. The average Bonchev–Trinajstić information content (AvgIpc) is 2.35. The van der Waals surface area contributed by atoms with E-state index in [1.807, 2.05) is 0 Å². The Morgan fingerprint density at radius 3 is 2.50 bits per heavy atom. The van der Waals surface area contributed by atoms with Crippen molar-refractivity contribution in [1.29, 1.82) is 0 Å². The van der Waals surface area contributed by atoms with Crippen molar-refractivity contribution in [2.45, 2.75) is 13.0 Å². The molecule has 18 heavy (non-hydrogen) atoms. The first-order chi connectivity index (χ1) is 8.49. The third-order valence-corrected chi connectivity index (χ3v) is 2.17. The van der Waals surface area contributed by atoms with Gasteiger partial charge in [0, 0.05) is 5.02 Å². The van der Waals surface area contributed by atoms with E-state index in [1.165, 1.54) is 6.92 Å². The van der Waals surface area contributed by atoms with Gasteiger partial charge in [0.15, 0.2) is 6.61 Å². The maximum Gasteiger partial charge on any atom is 0.276 e. The molecule has 0 heterocycles. The van der Waals surface area contributed by atoms with Crippen LogP contribution in [0.3, 0.4) is 0 Å². The molecule has 1 aromatic carbocycles. The molecule has 2 amide bonds. The molecule has 0 aliphatic carbocycles. The predicted molar refractivity (Wildman–Crippen MR) is 66.9 cm³/mol. The van der Waals surface area contributed by atoms with E-state index in [0.717, 1.165) is 0 Å². The molecule has 0 aliphatic heterocycles. The third kappa shape index (κ3) is 5.03. The van der Waals surface area contributed by atoms with Crippen LogP contribution < -0.4 is 21.3 Å². The van der Waals surface area contributed by atoms with Gasteiger partial charge in [-0.2, -0.15) is 0 Å². The number of amides is 2. The highest BCUT2D eigenvalue weighted by atomic mass is 35.5. The first-order valence-electron chi connectivity index (χ1n) is 5.21. The number of nitrogens with one attached hydrogen (secondary N) is 2. The summed E-state index contributed by atoms with van der Waals surface area (Å²) in [5.41, 5.74) is 9.63. The Morgan fingerprint density at radius 1 is 1.33 bits per heavy atom. The van der Waals surface area contributed by atoms with Crippen LogP contribution in [0.15, 0.2) is 24.3 Å². The fourth-order valence-corrected chi connectivity index (χ4v) is 1.09. The van der Waals surface area contributed by atoms with E-state index in [0.29, 0.717) is 10.8 Å². The molecular weight excluding hydrogens is 258 g/mol. The minimum Gasteiger partial charge on any atom is -0.484 e. The number of ether oxygens (including phenoxy) is 1. The Hall–Kier alpha value is -1.79. The van der Waals surface area contributed by atoms with Crippen molar-refractivity contribution in [3.8, 4) is 5.75 Å². The van der Waals surface area contributed by atoms with Crippen LogP contribution in [0.1, 0.15) is 6.92 Å². The molecule has 1 atom stereocenters. The van der Waals surface area contributed by atoms with Gasteiger partial charge in [-0.3, -0.25) is 20.4 Å². The number of hydrogen-bond acceptors (Lipinski definition) is 4. The number of hydrazine groups is 1. The van der Waals surface area contributed by atoms with E-state index in [-0.39, 0.29) is 6.61 Å². The van der Waals surface area contributed by atoms with Crippen LogP contribution in [0.4, 0.5) is 0 Å². The summed E-state index contributed by atoms with van der Waals surface area (Å²) >= 11 is 5.69. The molecule has 0 aliphatic rings. The summed E-state index contributed by atoms with van der Waals surface area (Å²) < 4.78 is 5.16. The van der Waals surface area contributed by atoms with Crippen molar-refractivity contribution in [1.82, 2.24) is 10.9 Å². The van der Waals surface area contributed by atoms with Gasteiger partial charge in [-0.15, -0.1) is 0 Å². The maximum absolute atomic E-state index is 11.3. The number of nitrogens with two attached hydrogens (primary N) is 1. The number of carbonyl (C=O) groups excluding carboxylic acids is 2. The molecule has 0 spiro atoms. The molecule has 4 N–H and O–H groups in total. The Kier molecular flexibility index (Phi) is 5.41. The van der Waals surface area contributed by atoms with Crippen molar-refractivity contribution < 1.29 is 14.3 Å². The molecule has 0 saturated carbocycles. The molecule has 0 fully saturated rings. The van der Waals surface area contributed by atoms with E-state index >= 15 is 0 Å². The van der Waals surface area contributed by atoms with Gasteiger partial charge in [-0.25, -0.2) is 0 Å². The quantitative estimate of drug-likeness (QED) is 0.683. The molecule has 1 aromatic rings. The van der Waals surface area contributed by atoms with Gasteiger partial charge in [-0.05, 0) is 31.2 Å². The molecule has 0 radical (unpaired) electrons. The van der Waals surface area contributed by atoms with Crippen molar-refractivity contribution in [2.75, 3.05) is 6.61 Å². The smallest absolute Gasteiger partial charge is 0.276 e. The van der Waals surface area contributed by atoms with Gasteiger partial charge in [-0.1, -0.05) is 11.6 Å². The van der Waals surface area contributed by atoms with E-state index in [1.54, 1.807) is 24.3 Å². The highest BCUT2D eigenvalue weighted by Crippen LogP contribution is 2.15. The topological polar surface area (TPSA) is 93.5 Å². The summed E-state index contributed by atoms with van der Waals surface area (Å²) in [6, 6.07) is 5.87. The lowest BCUT2D eigenvalue weighted by Gasteiger charge is -2.10. The molecule has 98 valence electrons. The lowest BCUT2D eigenvalue weighted by Crippen LogP contribution is -2.49. The van der Waals surface area contributed by atoms with Gasteiger partial charge in [0.2, 0.25) is 0 Å². The van der Waals surface area contributed by atoms with Crippen LogP contribution >= 0.6 is 11.6 Å². The summed E-state index contributed by atoms with van der Waals surface area (Å²) in [4.78, 5) is 22.3. The molecule has 7 heteroatoms. The predicted octanol–water partition coefficient (Wildman–Crippen LogP) is 0.213. The van der Waals surface area contributed by atoms with Crippen molar-refractivity contribution >= 4 is 23.4 Å². The highest BCUT2D eigenvalue weighted by molar-refractivity contribution is 6.30. The van der Waals surface area contributed by atoms with Gasteiger partial charge in [0.1, 0.15) is 5.75 Å².